The molecule has 7 nitrogen and oxygen atoms in total. The molecule has 1 aromatic rings. The molecule has 0 saturated carbocycles. The van der Waals surface area contributed by atoms with E-state index in [-0.39, 0.29) is 23.1 Å². The van der Waals surface area contributed by atoms with Gasteiger partial charge in [-0.3, -0.25) is 14.5 Å². The van der Waals surface area contributed by atoms with Crippen molar-refractivity contribution in [3.63, 3.8) is 0 Å². The summed E-state index contributed by atoms with van der Waals surface area (Å²) < 4.78 is 23.1. The molecule has 1 saturated heterocycles. The number of benzene rings is 1. The first kappa shape index (κ1) is 20.4. The van der Waals surface area contributed by atoms with E-state index < -0.39 is 15.9 Å². The van der Waals surface area contributed by atoms with Crippen LogP contribution in [0.1, 0.15) is 19.4 Å². The van der Waals surface area contributed by atoms with E-state index in [1.54, 1.807) is 24.1 Å². The molecule has 8 heteroatoms. The van der Waals surface area contributed by atoms with Crippen molar-refractivity contribution in [2.75, 3.05) is 32.9 Å². The molecule has 0 aliphatic carbocycles. The first-order valence-electron chi connectivity index (χ1n) is 8.67. The lowest BCUT2D eigenvalue weighted by Gasteiger charge is -2.42. The van der Waals surface area contributed by atoms with Crippen LogP contribution in [-0.4, -0.2) is 75.1 Å². The Morgan fingerprint density at radius 1 is 1.19 bits per heavy atom. The third-order valence-corrected chi connectivity index (χ3v) is 5.85. The van der Waals surface area contributed by atoms with Crippen molar-refractivity contribution in [2.45, 2.75) is 37.2 Å². The lowest BCUT2D eigenvalue weighted by molar-refractivity contribution is -0.143. The van der Waals surface area contributed by atoms with E-state index in [1.807, 2.05) is 0 Å². The van der Waals surface area contributed by atoms with Crippen molar-refractivity contribution in [3.05, 3.63) is 29.8 Å². The van der Waals surface area contributed by atoms with Gasteiger partial charge in [-0.1, -0.05) is 12.1 Å². The highest BCUT2D eigenvalue weighted by Crippen LogP contribution is 2.16. The summed E-state index contributed by atoms with van der Waals surface area (Å²) in [4.78, 5) is 29.1. The minimum atomic E-state index is -3.26. The molecule has 1 aliphatic rings. The standard InChI is InChI=1S/C18H27N3O4S/c1-13(2)20-9-10-21(16(12-20)18(23)19-3)17(22)11-14-5-7-15(8-6-14)26(4,24)25/h5-8,13,16H,9-12H2,1-4H3,(H,19,23)/t16-/m0/s1. The van der Waals surface area contributed by atoms with Gasteiger partial charge in [0, 0.05) is 39.0 Å². The molecule has 0 aromatic heterocycles. The Hall–Kier alpha value is -1.93. The van der Waals surface area contributed by atoms with Crippen molar-refractivity contribution in [1.29, 1.82) is 0 Å². The molecule has 26 heavy (non-hydrogen) atoms. The Labute approximate surface area is 155 Å². The Morgan fingerprint density at radius 2 is 1.81 bits per heavy atom. The number of sulfone groups is 1. The number of piperazine rings is 1. The molecule has 1 aliphatic heterocycles. The summed E-state index contributed by atoms with van der Waals surface area (Å²) in [5.41, 5.74) is 0.726. The highest BCUT2D eigenvalue weighted by molar-refractivity contribution is 7.90. The van der Waals surface area contributed by atoms with Crippen molar-refractivity contribution < 1.29 is 18.0 Å². The average Bonchev–Trinajstić information content (AvgIpc) is 2.60. The summed E-state index contributed by atoms with van der Waals surface area (Å²) in [6, 6.07) is 6.10. The summed E-state index contributed by atoms with van der Waals surface area (Å²) >= 11 is 0. The van der Waals surface area contributed by atoms with Crippen molar-refractivity contribution in [1.82, 2.24) is 15.1 Å². The average molecular weight is 381 g/mol. The SMILES string of the molecule is CNC(=O)[C@@H]1CN(C(C)C)CCN1C(=O)Cc1ccc(S(C)(=O)=O)cc1. The summed E-state index contributed by atoms with van der Waals surface area (Å²) in [6.45, 7) is 5.87. The van der Waals surface area contributed by atoms with Crippen molar-refractivity contribution >= 4 is 21.7 Å². The summed E-state index contributed by atoms with van der Waals surface area (Å²) in [5, 5.41) is 2.64. The molecule has 1 atom stereocenters. The van der Waals surface area contributed by atoms with Gasteiger partial charge in [-0.05, 0) is 31.5 Å². The van der Waals surface area contributed by atoms with Crippen LogP contribution >= 0.6 is 0 Å². The molecule has 0 radical (unpaired) electrons. The molecule has 0 unspecified atom stereocenters. The zero-order valence-corrected chi connectivity index (χ0v) is 16.5. The first-order valence-corrected chi connectivity index (χ1v) is 10.6. The molecular weight excluding hydrogens is 354 g/mol. The third kappa shape index (κ3) is 4.82. The van der Waals surface area contributed by atoms with Gasteiger partial charge in [0.2, 0.25) is 11.8 Å². The van der Waals surface area contributed by atoms with E-state index in [0.717, 1.165) is 18.4 Å². The zero-order valence-electron chi connectivity index (χ0n) is 15.7. The van der Waals surface area contributed by atoms with Gasteiger partial charge in [-0.2, -0.15) is 0 Å². The van der Waals surface area contributed by atoms with Crippen LogP contribution in [0.4, 0.5) is 0 Å². The summed E-state index contributed by atoms with van der Waals surface area (Å²) in [6.07, 6.45) is 1.29. The Bertz CT molecular complexity index is 759. The van der Waals surface area contributed by atoms with Crippen LogP contribution in [0.15, 0.2) is 29.2 Å². The van der Waals surface area contributed by atoms with Crippen molar-refractivity contribution in [2.24, 2.45) is 0 Å². The number of rotatable bonds is 5. The van der Waals surface area contributed by atoms with Crippen LogP contribution in [0.5, 0.6) is 0 Å². The molecule has 2 rings (SSSR count). The largest absolute Gasteiger partial charge is 0.357 e. The molecule has 2 amide bonds. The molecule has 1 fully saturated rings. The Kier molecular flexibility index (Phi) is 6.41. The molecule has 1 N–H and O–H groups in total. The third-order valence-electron chi connectivity index (χ3n) is 4.72. The number of hydrogen-bond donors (Lipinski definition) is 1. The molecule has 0 bridgehead atoms. The van der Waals surface area contributed by atoms with E-state index in [2.05, 4.69) is 24.1 Å². The molecule has 1 heterocycles. The smallest absolute Gasteiger partial charge is 0.243 e. The van der Waals surface area contributed by atoms with E-state index in [4.69, 9.17) is 0 Å². The fourth-order valence-corrected chi connectivity index (χ4v) is 3.72. The predicted molar refractivity (Wildman–Crippen MR) is 99.5 cm³/mol. The Morgan fingerprint density at radius 3 is 2.31 bits per heavy atom. The molecule has 0 spiro atoms. The molecule has 1 aromatic carbocycles. The van der Waals surface area contributed by atoms with Crippen LogP contribution in [0.25, 0.3) is 0 Å². The van der Waals surface area contributed by atoms with Crippen LogP contribution in [-0.2, 0) is 25.8 Å². The number of carbonyl (C=O) groups excluding carboxylic acids is 2. The van der Waals surface area contributed by atoms with E-state index in [0.29, 0.717) is 19.1 Å². The second-order valence-corrected chi connectivity index (χ2v) is 8.91. The zero-order chi connectivity index (χ0) is 19.5. The van der Waals surface area contributed by atoms with E-state index in [9.17, 15) is 18.0 Å². The fourth-order valence-electron chi connectivity index (χ4n) is 3.09. The van der Waals surface area contributed by atoms with Gasteiger partial charge in [-0.15, -0.1) is 0 Å². The number of amides is 2. The second-order valence-electron chi connectivity index (χ2n) is 6.90. The minimum Gasteiger partial charge on any atom is -0.357 e. The second kappa shape index (κ2) is 8.18. The van der Waals surface area contributed by atoms with E-state index in [1.165, 1.54) is 12.1 Å². The maximum Gasteiger partial charge on any atom is 0.243 e. The van der Waals surface area contributed by atoms with Crippen LogP contribution in [0.3, 0.4) is 0 Å². The normalized spacial score (nSPS) is 18.8. The van der Waals surface area contributed by atoms with Gasteiger partial charge >= 0.3 is 0 Å². The molecular formula is C18H27N3O4S. The number of carbonyl (C=O) groups is 2. The first-order chi connectivity index (χ1) is 12.1. The van der Waals surface area contributed by atoms with Gasteiger partial charge in [0.25, 0.3) is 0 Å². The van der Waals surface area contributed by atoms with Crippen LogP contribution in [0, 0.1) is 0 Å². The topological polar surface area (TPSA) is 86.8 Å². The molecule has 144 valence electrons. The van der Waals surface area contributed by atoms with E-state index >= 15 is 0 Å². The van der Waals surface area contributed by atoms with Crippen LogP contribution < -0.4 is 5.32 Å². The summed E-state index contributed by atoms with van der Waals surface area (Å²) in [5.74, 6) is -0.301. The van der Waals surface area contributed by atoms with Gasteiger partial charge in [-0.25, -0.2) is 8.42 Å². The van der Waals surface area contributed by atoms with Crippen LogP contribution in [0.2, 0.25) is 0 Å². The lowest BCUT2D eigenvalue weighted by atomic mass is 10.1. The lowest BCUT2D eigenvalue weighted by Crippen LogP contribution is -2.61. The number of likely N-dealkylation sites (N-methyl/N-ethyl adjacent to an activating group) is 1. The maximum atomic E-state index is 12.8. The number of hydrogen-bond acceptors (Lipinski definition) is 5. The van der Waals surface area contributed by atoms with Gasteiger partial charge in [0.15, 0.2) is 9.84 Å². The highest BCUT2D eigenvalue weighted by Gasteiger charge is 2.35. The quantitative estimate of drug-likeness (QED) is 0.793. The number of nitrogens with one attached hydrogen (secondary N) is 1. The van der Waals surface area contributed by atoms with Crippen molar-refractivity contribution in [3.8, 4) is 0 Å². The maximum absolute atomic E-state index is 12.8. The minimum absolute atomic E-state index is 0.130. The van der Waals surface area contributed by atoms with Gasteiger partial charge in [0.1, 0.15) is 6.04 Å². The van der Waals surface area contributed by atoms with Gasteiger partial charge < -0.3 is 10.2 Å². The monoisotopic (exact) mass is 381 g/mol. The van der Waals surface area contributed by atoms with Gasteiger partial charge in [0.05, 0.1) is 11.3 Å². The highest BCUT2D eigenvalue weighted by atomic mass is 32.2. The summed E-state index contributed by atoms with van der Waals surface area (Å²) in [7, 11) is -1.69. The fraction of sp³-hybridized carbons (Fsp3) is 0.556. The Balaban J connectivity index is 2.12. The predicted octanol–water partition coefficient (Wildman–Crippen LogP) is 0.300. The number of nitrogens with zero attached hydrogens (tertiary/aromatic N) is 2.